The first-order valence-corrected chi connectivity index (χ1v) is 17.4. The number of hydrogen-bond donors (Lipinski definition) is 0. The summed E-state index contributed by atoms with van der Waals surface area (Å²) in [5.41, 5.74) is 5.91. The van der Waals surface area contributed by atoms with Crippen LogP contribution in [0.5, 0.6) is 0 Å². The van der Waals surface area contributed by atoms with E-state index in [1.54, 1.807) is 0 Å². The second kappa shape index (κ2) is 11.8. The van der Waals surface area contributed by atoms with Gasteiger partial charge in [-0.25, -0.2) is 0 Å². The zero-order chi connectivity index (χ0) is 34.8. The molecule has 10 aromatic carbocycles. The van der Waals surface area contributed by atoms with E-state index in [4.69, 9.17) is 0 Å². The van der Waals surface area contributed by atoms with Crippen LogP contribution >= 0.6 is 0 Å². The van der Waals surface area contributed by atoms with Crippen LogP contribution in [0.2, 0.25) is 0 Å². The highest BCUT2D eigenvalue weighted by atomic mass is 16.1. The van der Waals surface area contributed by atoms with Crippen LogP contribution in [0.1, 0.15) is 0 Å². The molecule has 0 radical (unpaired) electrons. The van der Waals surface area contributed by atoms with Crippen molar-refractivity contribution < 1.29 is 0 Å². The molecule has 0 aliphatic rings. The summed E-state index contributed by atoms with van der Waals surface area (Å²) < 4.78 is 0. The third-order valence-corrected chi connectivity index (χ3v) is 10.3. The first kappa shape index (κ1) is 29.8. The van der Waals surface area contributed by atoms with Crippen molar-refractivity contribution in [3.63, 3.8) is 0 Å². The van der Waals surface area contributed by atoms with Crippen molar-refractivity contribution in [1.29, 1.82) is 0 Å². The predicted molar refractivity (Wildman–Crippen MR) is 218 cm³/mol. The number of para-hydroxylation sites is 4. The Morgan fingerprint density at radius 2 is 0.519 bits per heavy atom. The highest BCUT2D eigenvalue weighted by Gasteiger charge is 2.21. The van der Waals surface area contributed by atoms with Gasteiger partial charge in [0.1, 0.15) is 0 Å². The maximum atomic E-state index is 14.1. The van der Waals surface area contributed by atoms with Gasteiger partial charge in [0, 0.05) is 66.4 Å². The lowest BCUT2D eigenvalue weighted by Crippen LogP contribution is -2.10. The Balaban J connectivity index is 1.17. The van der Waals surface area contributed by atoms with Crippen molar-refractivity contribution in [2.75, 3.05) is 9.80 Å². The fourth-order valence-electron chi connectivity index (χ4n) is 8.01. The number of anilines is 6. The van der Waals surface area contributed by atoms with Gasteiger partial charge in [0.2, 0.25) is 0 Å². The SMILES string of the molecule is O=c1c2cc(N(c3ccccc3)c3ccccc3)ccc2c2c1ccc1c2ccc2c(=O)c3cc(N(c4ccccc4)c4ccccc4)ccc3c21. The molecule has 10 aromatic rings. The standard InChI is InChI=1S/C48H30N2O2/c51-47-41-27-25-38-37(45(41)39-23-21-35(29-43(39)47)49(31-13-5-1-6-14-31)32-15-7-2-8-16-32)26-28-42-46(38)40-24-22-36(30-44(40)48(42)52)50(33-17-9-3-10-18-33)34-19-11-4-12-20-34/h1-30H. The number of nitrogens with zero attached hydrogens (tertiary/aromatic N) is 2. The molecule has 4 nitrogen and oxygen atoms in total. The molecule has 0 aliphatic heterocycles. The van der Waals surface area contributed by atoms with Gasteiger partial charge in [-0.3, -0.25) is 9.59 Å². The lowest BCUT2D eigenvalue weighted by atomic mass is 9.98. The number of fused-ring (bicyclic) bond motifs is 9. The van der Waals surface area contributed by atoms with E-state index in [1.165, 1.54) is 0 Å². The number of rotatable bonds is 6. The molecule has 0 N–H and O–H groups in total. The van der Waals surface area contributed by atoms with Gasteiger partial charge in [-0.05, 0) is 106 Å². The van der Waals surface area contributed by atoms with Crippen LogP contribution in [0.25, 0.3) is 53.9 Å². The first-order valence-electron chi connectivity index (χ1n) is 17.4. The molecule has 4 heteroatoms. The smallest absolute Gasteiger partial charge is 0.194 e. The van der Waals surface area contributed by atoms with E-state index in [0.717, 1.165) is 66.4 Å². The van der Waals surface area contributed by atoms with Gasteiger partial charge in [0.25, 0.3) is 0 Å². The zero-order valence-corrected chi connectivity index (χ0v) is 28.0. The van der Waals surface area contributed by atoms with Crippen LogP contribution in [0, 0.1) is 0 Å². The van der Waals surface area contributed by atoms with Gasteiger partial charge in [-0.15, -0.1) is 0 Å². The van der Waals surface area contributed by atoms with Gasteiger partial charge in [0.15, 0.2) is 10.9 Å². The fourth-order valence-corrected chi connectivity index (χ4v) is 8.01. The molecule has 0 spiro atoms. The molecule has 244 valence electrons. The minimum absolute atomic E-state index is 0.0124. The summed E-state index contributed by atoms with van der Waals surface area (Å²) >= 11 is 0. The largest absolute Gasteiger partial charge is 0.310 e. The molecule has 0 fully saturated rings. The minimum Gasteiger partial charge on any atom is -0.310 e. The normalized spacial score (nSPS) is 11.6. The van der Waals surface area contributed by atoms with Crippen molar-refractivity contribution in [3.8, 4) is 0 Å². The lowest BCUT2D eigenvalue weighted by molar-refractivity contribution is 1.29. The molecule has 0 aliphatic carbocycles. The third kappa shape index (κ3) is 4.55. The Labute approximate surface area is 299 Å². The van der Waals surface area contributed by atoms with Gasteiger partial charge in [-0.2, -0.15) is 0 Å². The third-order valence-electron chi connectivity index (χ3n) is 10.3. The number of benzene rings is 8. The van der Waals surface area contributed by atoms with Crippen molar-refractivity contribution in [2.24, 2.45) is 0 Å². The summed E-state index contributed by atoms with van der Waals surface area (Å²) in [7, 11) is 0. The van der Waals surface area contributed by atoms with Gasteiger partial charge in [-0.1, -0.05) is 97.1 Å². The highest BCUT2D eigenvalue weighted by molar-refractivity contribution is 6.31. The van der Waals surface area contributed by atoms with Crippen molar-refractivity contribution >= 4 is 88.0 Å². The van der Waals surface area contributed by atoms with E-state index in [9.17, 15) is 9.59 Å². The number of hydrogen-bond acceptors (Lipinski definition) is 4. The van der Waals surface area contributed by atoms with Crippen molar-refractivity contribution in [2.45, 2.75) is 0 Å². The lowest BCUT2D eigenvalue weighted by Gasteiger charge is -2.25. The molecule has 0 atom stereocenters. The highest BCUT2D eigenvalue weighted by Crippen LogP contribution is 2.42. The molecular weight excluding hydrogens is 637 g/mol. The van der Waals surface area contributed by atoms with Gasteiger partial charge in [0.05, 0.1) is 0 Å². The second-order valence-electron chi connectivity index (χ2n) is 13.2. The fraction of sp³-hybridized carbons (Fsp3) is 0. The molecule has 10 rings (SSSR count). The van der Waals surface area contributed by atoms with Crippen LogP contribution in [-0.4, -0.2) is 0 Å². The topological polar surface area (TPSA) is 40.6 Å². The van der Waals surface area contributed by atoms with Gasteiger partial charge >= 0.3 is 0 Å². The molecule has 0 amide bonds. The Hall–Kier alpha value is -7.04. The Morgan fingerprint density at radius 3 is 0.846 bits per heavy atom. The van der Waals surface area contributed by atoms with Gasteiger partial charge < -0.3 is 9.80 Å². The second-order valence-corrected chi connectivity index (χ2v) is 13.2. The van der Waals surface area contributed by atoms with E-state index in [-0.39, 0.29) is 10.9 Å². The van der Waals surface area contributed by atoms with E-state index in [0.29, 0.717) is 21.5 Å². The quantitative estimate of drug-likeness (QED) is 0.177. The average molecular weight is 667 g/mol. The molecule has 0 saturated heterocycles. The minimum atomic E-state index is 0.0124. The summed E-state index contributed by atoms with van der Waals surface area (Å²) in [6.45, 7) is 0. The summed E-state index contributed by atoms with van der Waals surface area (Å²) in [4.78, 5) is 32.6. The van der Waals surface area contributed by atoms with E-state index >= 15 is 0 Å². The summed E-state index contributed by atoms with van der Waals surface area (Å²) in [6, 6.07) is 61.1. The monoisotopic (exact) mass is 666 g/mol. The molecule has 0 unspecified atom stereocenters. The molecule has 0 saturated carbocycles. The molecule has 0 aromatic heterocycles. The maximum Gasteiger partial charge on any atom is 0.194 e. The van der Waals surface area contributed by atoms with Crippen molar-refractivity contribution in [3.05, 3.63) is 202 Å². The van der Waals surface area contributed by atoms with Crippen molar-refractivity contribution in [1.82, 2.24) is 0 Å². The molecule has 0 bridgehead atoms. The Kier molecular flexibility index (Phi) is 6.76. The maximum absolute atomic E-state index is 14.1. The van der Waals surface area contributed by atoms with E-state index < -0.39 is 0 Å². The van der Waals surface area contributed by atoms with Crippen LogP contribution in [0.15, 0.2) is 192 Å². The van der Waals surface area contributed by atoms with E-state index in [2.05, 4.69) is 82.6 Å². The van der Waals surface area contributed by atoms with Crippen LogP contribution in [0.4, 0.5) is 34.1 Å². The first-order chi connectivity index (χ1) is 25.7. The Bertz CT molecular complexity index is 2750. The predicted octanol–water partition coefficient (Wildman–Crippen LogP) is 12.0. The summed E-state index contributed by atoms with van der Waals surface area (Å²) in [5, 5.41) is 8.36. The van der Waals surface area contributed by atoms with Crippen LogP contribution in [-0.2, 0) is 0 Å². The van der Waals surface area contributed by atoms with Crippen LogP contribution < -0.4 is 20.7 Å². The van der Waals surface area contributed by atoms with E-state index in [1.807, 2.05) is 109 Å². The van der Waals surface area contributed by atoms with Crippen LogP contribution in [0.3, 0.4) is 0 Å². The summed E-state index contributed by atoms with van der Waals surface area (Å²) in [5.74, 6) is 0. The molecule has 0 heterocycles. The zero-order valence-electron chi connectivity index (χ0n) is 28.0. The molecule has 52 heavy (non-hydrogen) atoms. The Morgan fingerprint density at radius 1 is 0.250 bits per heavy atom. The summed E-state index contributed by atoms with van der Waals surface area (Å²) in [6.07, 6.45) is 0. The molecular formula is C48H30N2O2. The average Bonchev–Trinajstić information content (AvgIpc) is 3.66.